The molecule has 0 spiro atoms. The molecule has 1 unspecified atom stereocenters. The van der Waals surface area contributed by atoms with E-state index >= 15 is 0 Å². The normalized spacial score (nSPS) is 13.0. The van der Waals surface area contributed by atoms with Gasteiger partial charge in [0.2, 0.25) is 0 Å². The highest BCUT2D eigenvalue weighted by molar-refractivity contribution is 5.69. The number of hydrogen-bond donors (Lipinski definition) is 1. The van der Waals surface area contributed by atoms with Gasteiger partial charge in [-0.1, -0.05) is 40.0 Å². The molecule has 96 valence electrons. The highest BCUT2D eigenvalue weighted by Gasteiger charge is 2.14. The van der Waals surface area contributed by atoms with Crippen molar-refractivity contribution < 1.29 is 9.90 Å². The summed E-state index contributed by atoms with van der Waals surface area (Å²) in [7, 11) is 0. The molecule has 1 N–H and O–H groups in total. The Hall–Kier alpha value is -0.570. The van der Waals surface area contributed by atoms with Crippen LogP contribution in [0.3, 0.4) is 0 Å². The van der Waals surface area contributed by atoms with Gasteiger partial charge in [0.05, 0.1) is 5.92 Å². The van der Waals surface area contributed by atoms with E-state index in [0.717, 1.165) is 19.5 Å². The zero-order valence-corrected chi connectivity index (χ0v) is 11.0. The van der Waals surface area contributed by atoms with Gasteiger partial charge in [0.1, 0.15) is 0 Å². The van der Waals surface area contributed by atoms with Crippen LogP contribution in [-0.2, 0) is 4.79 Å². The van der Waals surface area contributed by atoms with Crippen molar-refractivity contribution in [3.05, 3.63) is 0 Å². The highest BCUT2D eigenvalue weighted by Crippen LogP contribution is 2.05. The Kier molecular flexibility index (Phi) is 9.30. The van der Waals surface area contributed by atoms with E-state index in [4.69, 9.17) is 5.11 Å². The summed E-state index contributed by atoms with van der Waals surface area (Å²) in [5.74, 6) is -0.938. The molecule has 0 aromatic heterocycles. The number of carbonyl (C=O) groups is 1. The first-order valence-corrected chi connectivity index (χ1v) is 6.56. The summed E-state index contributed by atoms with van der Waals surface area (Å²) in [4.78, 5) is 13.1. The lowest BCUT2D eigenvalue weighted by Crippen LogP contribution is -2.33. The Balaban J connectivity index is 3.82. The Labute approximate surface area is 99.8 Å². The van der Waals surface area contributed by atoms with Crippen molar-refractivity contribution in [2.75, 3.05) is 19.6 Å². The van der Waals surface area contributed by atoms with Crippen LogP contribution in [0.25, 0.3) is 0 Å². The Morgan fingerprint density at radius 1 is 1.12 bits per heavy atom. The molecular formula is C13H27NO2. The molecule has 16 heavy (non-hydrogen) atoms. The molecular weight excluding hydrogens is 202 g/mol. The van der Waals surface area contributed by atoms with Crippen molar-refractivity contribution >= 4 is 5.97 Å². The van der Waals surface area contributed by atoms with Gasteiger partial charge >= 0.3 is 5.97 Å². The van der Waals surface area contributed by atoms with Gasteiger partial charge in [-0.15, -0.1) is 0 Å². The van der Waals surface area contributed by atoms with E-state index < -0.39 is 5.97 Å². The molecule has 0 aromatic carbocycles. The third-order valence-corrected chi connectivity index (χ3v) is 2.82. The third kappa shape index (κ3) is 7.69. The largest absolute Gasteiger partial charge is 0.481 e. The summed E-state index contributed by atoms with van der Waals surface area (Å²) < 4.78 is 0. The topological polar surface area (TPSA) is 40.5 Å². The Morgan fingerprint density at radius 3 is 2.31 bits per heavy atom. The molecule has 0 saturated heterocycles. The lowest BCUT2D eigenvalue weighted by atomic mass is 10.1. The fourth-order valence-corrected chi connectivity index (χ4v) is 1.84. The average Bonchev–Trinajstić information content (AvgIpc) is 2.24. The fourth-order valence-electron chi connectivity index (χ4n) is 1.84. The second-order valence-electron chi connectivity index (χ2n) is 4.60. The lowest BCUT2D eigenvalue weighted by molar-refractivity contribution is -0.141. The van der Waals surface area contributed by atoms with Crippen LogP contribution in [-0.4, -0.2) is 35.6 Å². The van der Waals surface area contributed by atoms with Gasteiger partial charge in [0.25, 0.3) is 0 Å². The summed E-state index contributed by atoms with van der Waals surface area (Å²) in [6.07, 6.45) is 6.09. The van der Waals surface area contributed by atoms with Crippen LogP contribution in [0.2, 0.25) is 0 Å². The molecule has 0 radical (unpaired) electrons. The summed E-state index contributed by atoms with van der Waals surface area (Å²) in [6.45, 7) is 8.89. The van der Waals surface area contributed by atoms with E-state index in [9.17, 15) is 4.79 Å². The van der Waals surface area contributed by atoms with Crippen LogP contribution in [0.15, 0.2) is 0 Å². The van der Waals surface area contributed by atoms with E-state index in [2.05, 4.69) is 18.7 Å². The summed E-state index contributed by atoms with van der Waals surface area (Å²) in [6, 6.07) is 0. The molecule has 0 bridgehead atoms. The second kappa shape index (κ2) is 9.64. The molecule has 0 fully saturated rings. The van der Waals surface area contributed by atoms with E-state index in [1.807, 2.05) is 0 Å². The van der Waals surface area contributed by atoms with Gasteiger partial charge in [0, 0.05) is 6.54 Å². The smallest absolute Gasteiger partial charge is 0.307 e. The van der Waals surface area contributed by atoms with Crippen molar-refractivity contribution in [2.45, 2.75) is 52.9 Å². The van der Waals surface area contributed by atoms with Gasteiger partial charge in [-0.25, -0.2) is 0 Å². The van der Waals surface area contributed by atoms with Crippen molar-refractivity contribution in [3.8, 4) is 0 Å². The molecule has 0 heterocycles. The van der Waals surface area contributed by atoms with E-state index in [1.165, 1.54) is 25.7 Å². The molecule has 3 heteroatoms. The first kappa shape index (κ1) is 15.4. The quantitative estimate of drug-likeness (QED) is 0.585. The van der Waals surface area contributed by atoms with E-state index in [1.54, 1.807) is 6.92 Å². The number of carboxylic acid groups (broad SMARTS) is 1. The highest BCUT2D eigenvalue weighted by atomic mass is 16.4. The first-order valence-electron chi connectivity index (χ1n) is 6.56. The van der Waals surface area contributed by atoms with Crippen LogP contribution in [0.4, 0.5) is 0 Å². The number of unbranched alkanes of at least 4 members (excludes halogenated alkanes) is 3. The van der Waals surface area contributed by atoms with Crippen LogP contribution in [0, 0.1) is 5.92 Å². The number of hydrogen-bond acceptors (Lipinski definition) is 2. The summed E-state index contributed by atoms with van der Waals surface area (Å²) in [5.41, 5.74) is 0. The molecule has 0 saturated carbocycles. The molecule has 0 amide bonds. The summed E-state index contributed by atoms with van der Waals surface area (Å²) in [5, 5.41) is 8.88. The number of nitrogens with zero attached hydrogens (tertiary/aromatic N) is 1. The summed E-state index contributed by atoms with van der Waals surface area (Å²) >= 11 is 0. The number of aliphatic carboxylic acids is 1. The zero-order chi connectivity index (χ0) is 12.4. The lowest BCUT2D eigenvalue weighted by Gasteiger charge is -2.23. The molecule has 0 aliphatic heterocycles. The predicted molar refractivity (Wildman–Crippen MR) is 67.7 cm³/mol. The second-order valence-corrected chi connectivity index (χ2v) is 4.60. The first-order chi connectivity index (χ1) is 7.61. The Morgan fingerprint density at radius 2 is 1.81 bits per heavy atom. The van der Waals surface area contributed by atoms with E-state index in [0.29, 0.717) is 6.54 Å². The third-order valence-electron chi connectivity index (χ3n) is 2.82. The van der Waals surface area contributed by atoms with Gasteiger partial charge in [-0.05, 0) is 25.9 Å². The molecule has 1 atom stereocenters. The minimum absolute atomic E-state index is 0.252. The monoisotopic (exact) mass is 229 g/mol. The minimum atomic E-state index is -0.685. The molecule has 3 nitrogen and oxygen atoms in total. The predicted octanol–water partition coefficient (Wildman–Crippen LogP) is 3.00. The van der Waals surface area contributed by atoms with Crippen LogP contribution in [0.1, 0.15) is 52.9 Å². The van der Waals surface area contributed by atoms with Gasteiger partial charge in [-0.3, -0.25) is 4.79 Å². The maximum atomic E-state index is 10.8. The van der Waals surface area contributed by atoms with Crippen LogP contribution < -0.4 is 0 Å². The van der Waals surface area contributed by atoms with Crippen molar-refractivity contribution in [2.24, 2.45) is 5.92 Å². The fraction of sp³-hybridized carbons (Fsp3) is 0.923. The van der Waals surface area contributed by atoms with Crippen molar-refractivity contribution in [1.82, 2.24) is 4.90 Å². The molecule has 0 aromatic rings. The average molecular weight is 229 g/mol. The van der Waals surface area contributed by atoms with Gasteiger partial charge in [-0.2, -0.15) is 0 Å². The molecule has 0 rings (SSSR count). The van der Waals surface area contributed by atoms with Gasteiger partial charge in [0.15, 0.2) is 0 Å². The number of rotatable bonds is 10. The Bertz CT molecular complexity index is 183. The zero-order valence-electron chi connectivity index (χ0n) is 11.0. The van der Waals surface area contributed by atoms with Crippen LogP contribution in [0.5, 0.6) is 0 Å². The maximum absolute atomic E-state index is 10.8. The number of carboxylic acids is 1. The van der Waals surface area contributed by atoms with Gasteiger partial charge < -0.3 is 10.0 Å². The van der Waals surface area contributed by atoms with Crippen LogP contribution >= 0.6 is 0 Å². The maximum Gasteiger partial charge on any atom is 0.307 e. The van der Waals surface area contributed by atoms with E-state index in [-0.39, 0.29) is 5.92 Å². The van der Waals surface area contributed by atoms with Crippen molar-refractivity contribution in [1.29, 1.82) is 0 Å². The standard InChI is InChI=1S/C13H27NO2/c1-4-6-7-8-10-14(9-5-2)11-12(3)13(15)16/h12H,4-11H2,1-3H3,(H,15,16). The SMILES string of the molecule is CCCCCCN(CCC)CC(C)C(=O)O. The molecule has 0 aliphatic carbocycles. The molecule has 0 aliphatic rings. The van der Waals surface area contributed by atoms with Crippen molar-refractivity contribution in [3.63, 3.8) is 0 Å². The minimum Gasteiger partial charge on any atom is -0.481 e.